The van der Waals surface area contributed by atoms with Crippen molar-refractivity contribution in [3.8, 4) is 17.2 Å². The Balaban J connectivity index is 1.26. The molecule has 1 saturated heterocycles. The van der Waals surface area contributed by atoms with Crippen molar-refractivity contribution in [3.05, 3.63) is 78.1 Å². The van der Waals surface area contributed by atoms with Crippen LogP contribution >= 0.6 is 0 Å². The fourth-order valence-electron chi connectivity index (χ4n) is 5.16. The van der Waals surface area contributed by atoms with E-state index in [1.807, 2.05) is 60.4 Å². The van der Waals surface area contributed by atoms with E-state index in [2.05, 4.69) is 20.6 Å². The number of likely N-dealkylation sites (tertiary alicyclic amines) is 1. The second-order valence-corrected chi connectivity index (χ2v) is 10.0. The van der Waals surface area contributed by atoms with Gasteiger partial charge in [-0.1, -0.05) is 12.1 Å². The van der Waals surface area contributed by atoms with Crippen molar-refractivity contribution in [2.45, 2.75) is 18.8 Å². The smallest absolute Gasteiger partial charge is 0.256 e. The van der Waals surface area contributed by atoms with Crippen LogP contribution in [0, 0.1) is 0 Å². The second kappa shape index (κ2) is 13.5. The Hall–Kier alpha value is -4.12. The lowest BCUT2D eigenvalue weighted by atomic mass is 9.89. The summed E-state index contributed by atoms with van der Waals surface area (Å²) in [7, 11) is 3.48. The molecule has 10 heteroatoms. The molecule has 216 valence electrons. The Labute approximate surface area is 239 Å². The Morgan fingerprint density at radius 2 is 1.85 bits per heavy atom. The van der Waals surface area contributed by atoms with Crippen LogP contribution in [0.3, 0.4) is 0 Å². The fourth-order valence-corrected chi connectivity index (χ4v) is 5.16. The van der Waals surface area contributed by atoms with Crippen LogP contribution in [0.2, 0.25) is 0 Å². The largest absolute Gasteiger partial charge is 0.487 e. The van der Waals surface area contributed by atoms with Gasteiger partial charge in [0.25, 0.3) is 5.91 Å². The number of methoxy groups -OCH3 is 1. The summed E-state index contributed by atoms with van der Waals surface area (Å²) < 4.78 is 19.2. The van der Waals surface area contributed by atoms with Gasteiger partial charge >= 0.3 is 0 Å². The van der Waals surface area contributed by atoms with Gasteiger partial charge in [-0.15, -0.1) is 0 Å². The average molecular weight is 560 g/mol. The number of aliphatic hydroxyl groups is 1. The zero-order valence-corrected chi connectivity index (χ0v) is 23.5. The number of ether oxygens (including phenoxy) is 3. The molecule has 0 atom stereocenters. The number of piperidine rings is 1. The maximum absolute atomic E-state index is 13.0. The molecule has 1 amide bonds. The monoisotopic (exact) mass is 559 g/mol. The van der Waals surface area contributed by atoms with Crippen molar-refractivity contribution in [3.63, 3.8) is 0 Å². The van der Waals surface area contributed by atoms with Crippen molar-refractivity contribution in [1.29, 1.82) is 0 Å². The van der Waals surface area contributed by atoms with Gasteiger partial charge in [0, 0.05) is 56.2 Å². The van der Waals surface area contributed by atoms with E-state index in [9.17, 15) is 4.79 Å². The molecule has 1 aliphatic heterocycles. The number of anilines is 1. The molecule has 0 saturated carbocycles. The Bertz CT molecular complexity index is 1450. The topological polar surface area (TPSA) is 110 Å². The highest BCUT2D eigenvalue weighted by molar-refractivity contribution is 6.03. The number of carbonyl (C=O) groups excluding carboxylic acids is 1. The lowest BCUT2D eigenvalue weighted by Crippen LogP contribution is -2.34. The van der Waals surface area contributed by atoms with Gasteiger partial charge in [0.15, 0.2) is 11.5 Å². The minimum atomic E-state index is -0.239. The van der Waals surface area contributed by atoms with E-state index in [0.29, 0.717) is 47.8 Å². The van der Waals surface area contributed by atoms with E-state index in [1.165, 1.54) is 5.56 Å². The minimum Gasteiger partial charge on any atom is -0.487 e. The molecule has 41 heavy (non-hydrogen) atoms. The maximum Gasteiger partial charge on any atom is 0.256 e. The van der Waals surface area contributed by atoms with Crippen molar-refractivity contribution in [1.82, 2.24) is 14.6 Å². The van der Waals surface area contributed by atoms with Crippen molar-refractivity contribution < 1.29 is 24.1 Å². The lowest BCUT2D eigenvalue weighted by molar-refractivity contribution is 0.102. The van der Waals surface area contributed by atoms with Gasteiger partial charge in [-0.05, 0) is 67.7 Å². The maximum atomic E-state index is 13.0. The number of hydrogen-bond acceptors (Lipinski definition) is 8. The quantitative estimate of drug-likeness (QED) is 0.219. The average Bonchev–Trinajstić information content (AvgIpc) is 3.40. The first-order chi connectivity index (χ1) is 20.1. The summed E-state index contributed by atoms with van der Waals surface area (Å²) in [5.41, 5.74) is 5.87. The van der Waals surface area contributed by atoms with E-state index in [-0.39, 0.29) is 12.5 Å². The number of β-amino-alcohol motifs (C(OH)–C–C–N with tert-alkyl or cyclic N) is 1. The molecular formula is C31H37N5O5. The standard InChI is InChI=1S/C31H37N5O5/c1-32-36-14-10-25-19-29(28(21-27(25)36)40-18-17-39-2)41-26-7-11-33-30(20-26)34-31(38)24-5-3-22(4-6-24)23-8-12-35(13-9-23)15-16-37/h3-7,10-11,14,19-21,23,32,37H,8-9,12-13,15-18H2,1-2H3,(H,33,34,38). The second-order valence-electron chi connectivity index (χ2n) is 10.0. The first-order valence-electron chi connectivity index (χ1n) is 13.9. The molecular weight excluding hydrogens is 522 g/mol. The molecule has 2 aromatic carbocycles. The third-order valence-corrected chi connectivity index (χ3v) is 7.39. The Morgan fingerprint density at radius 1 is 1.05 bits per heavy atom. The van der Waals surface area contributed by atoms with E-state index < -0.39 is 0 Å². The lowest BCUT2D eigenvalue weighted by Gasteiger charge is -2.31. The Kier molecular flexibility index (Phi) is 9.35. The Morgan fingerprint density at radius 3 is 2.59 bits per heavy atom. The van der Waals surface area contributed by atoms with E-state index in [4.69, 9.17) is 19.3 Å². The highest BCUT2D eigenvalue weighted by atomic mass is 16.5. The van der Waals surface area contributed by atoms with Crippen molar-refractivity contribution >= 4 is 22.6 Å². The fraction of sp³-hybridized carbons (Fsp3) is 0.355. The van der Waals surface area contributed by atoms with E-state index in [0.717, 1.165) is 43.4 Å². The normalized spacial score (nSPS) is 14.2. The summed E-state index contributed by atoms with van der Waals surface area (Å²) in [5, 5.41) is 13.0. The summed E-state index contributed by atoms with van der Waals surface area (Å²) in [6, 6.07) is 17.1. The number of carbonyl (C=O) groups is 1. The number of aromatic nitrogens is 2. The SMILES string of the molecule is CNn1ccc2cc(Oc3ccnc(NC(=O)c4ccc(C5CCN(CCO)CC5)cc4)c3)c(OCCOC)cc21. The van der Waals surface area contributed by atoms with Gasteiger partial charge < -0.3 is 35.0 Å². The highest BCUT2D eigenvalue weighted by Gasteiger charge is 2.20. The van der Waals surface area contributed by atoms with Crippen LogP contribution in [0.15, 0.2) is 67.0 Å². The van der Waals surface area contributed by atoms with Crippen LogP contribution in [0.4, 0.5) is 5.82 Å². The summed E-state index contributed by atoms with van der Waals surface area (Å²) in [4.78, 5) is 19.6. The van der Waals surface area contributed by atoms with Crippen molar-refractivity contribution in [2.75, 3.05) is 64.4 Å². The summed E-state index contributed by atoms with van der Waals surface area (Å²) in [5.74, 6) is 2.25. The molecule has 0 bridgehead atoms. The molecule has 5 rings (SSSR count). The number of amides is 1. The molecule has 1 fully saturated rings. The number of benzene rings is 2. The molecule has 0 aliphatic carbocycles. The van der Waals surface area contributed by atoms with Crippen LogP contribution in [-0.4, -0.2) is 79.2 Å². The number of aliphatic hydroxyl groups excluding tert-OH is 1. The summed E-state index contributed by atoms with van der Waals surface area (Å²) in [6.07, 6.45) is 5.63. The molecule has 3 N–H and O–H groups in total. The molecule has 2 aromatic heterocycles. The number of pyridine rings is 1. The van der Waals surface area contributed by atoms with E-state index >= 15 is 0 Å². The number of nitrogens with one attached hydrogen (secondary N) is 2. The predicted octanol–water partition coefficient (Wildman–Crippen LogP) is 4.45. The zero-order valence-electron chi connectivity index (χ0n) is 23.5. The molecule has 4 aromatic rings. The molecule has 0 unspecified atom stereocenters. The summed E-state index contributed by atoms with van der Waals surface area (Å²) >= 11 is 0. The van der Waals surface area contributed by atoms with Crippen LogP contribution < -0.4 is 20.2 Å². The van der Waals surface area contributed by atoms with Gasteiger partial charge in [-0.3, -0.25) is 9.47 Å². The first kappa shape index (κ1) is 28.4. The molecule has 0 spiro atoms. The van der Waals surface area contributed by atoms with Crippen LogP contribution in [0.1, 0.15) is 34.7 Å². The third-order valence-electron chi connectivity index (χ3n) is 7.39. The number of fused-ring (bicyclic) bond motifs is 1. The number of nitrogens with zero attached hydrogens (tertiary/aromatic N) is 3. The zero-order chi connectivity index (χ0) is 28.6. The highest BCUT2D eigenvalue weighted by Crippen LogP contribution is 2.36. The number of hydrogen-bond donors (Lipinski definition) is 3. The minimum absolute atomic E-state index is 0.199. The van der Waals surface area contributed by atoms with E-state index in [1.54, 1.807) is 25.4 Å². The van der Waals surface area contributed by atoms with Gasteiger partial charge in [0.05, 0.1) is 18.7 Å². The summed E-state index contributed by atoms with van der Waals surface area (Å²) in [6.45, 7) is 3.71. The third kappa shape index (κ3) is 6.97. The van der Waals surface area contributed by atoms with Gasteiger partial charge in [-0.2, -0.15) is 0 Å². The van der Waals surface area contributed by atoms with Crippen LogP contribution in [0.5, 0.6) is 17.2 Å². The molecule has 10 nitrogen and oxygen atoms in total. The van der Waals surface area contributed by atoms with Crippen molar-refractivity contribution in [2.24, 2.45) is 0 Å². The predicted molar refractivity (Wildman–Crippen MR) is 159 cm³/mol. The molecule has 3 heterocycles. The van der Waals surface area contributed by atoms with Crippen LogP contribution in [0.25, 0.3) is 10.9 Å². The first-order valence-corrected chi connectivity index (χ1v) is 13.9. The van der Waals surface area contributed by atoms with Crippen LogP contribution in [-0.2, 0) is 4.74 Å². The molecule has 1 aliphatic rings. The molecule has 0 radical (unpaired) electrons. The van der Waals surface area contributed by atoms with Gasteiger partial charge in [-0.25, -0.2) is 4.98 Å². The van der Waals surface area contributed by atoms with Gasteiger partial charge in [0.2, 0.25) is 0 Å². The number of rotatable bonds is 12. The van der Waals surface area contributed by atoms with Gasteiger partial charge in [0.1, 0.15) is 18.2 Å².